The van der Waals surface area contributed by atoms with Crippen LogP contribution in [-0.2, 0) is 11.2 Å². The minimum absolute atomic E-state index is 0.0255. The first-order valence-electron chi connectivity index (χ1n) is 6.24. The molecule has 0 spiro atoms. The molecule has 92 valence electrons. The maximum atomic E-state index is 11.9. The van der Waals surface area contributed by atoms with Gasteiger partial charge in [-0.1, -0.05) is 43.2 Å². The second-order valence-corrected chi connectivity index (χ2v) is 5.17. The molecule has 1 aliphatic carbocycles. The van der Waals surface area contributed by atoms with Crippen LogP contribution in [-0.4, -0.2) is 17.3 Å². The van der Waals surface area contributed by atoms with Crippen molar-refractivity contribution >= 4 is 17.5 Å². The first kappa shape index (κ1) is 12.4. The van der Waals surface area contributed by atoms with E-state index in [1.165, 1.54) is 12.8 Å². The highest BCUT2D eigenvalue weighted by Gasteiger charge is 2.21. The number of alkyl halides is 1. The Morgan fingerprint density at radius 2 is 1.94 bits per heavy atom. The highest BCUT2D eigenvalue weighted by molar-refractivity contribution is 6.30. The van der Waals surface area contributed by atoms with Gasteiger partial charge in [-0.05, 0) is 24.8 Å². The SMILES string of the molecule is O=C(NC1CCCC1)C(Cl)Cc1ccccc1. The summed E-state index contributed by atoms with van der Waals surface area (Å²) in [6, 6.07) is 10.2. The zero-order valence-electron chi connectivity index (χ0n) is 9.86. The number of hydrogen-bond donors (Lipinski definition) is 1. The van der Waals surface area contributed by atoms with Crippen molar-refractivity contribution in [1.82, 2.24) is 5.32 Å². The summed E-state index contributed by atoms with van der Waals surface area (Å²) in [5.41, 5.74) is 1.11. The topological polar surface area (TPSA) is 29.1 Å². The van der Waals surface area contributed by atoms with Crippen molar-refractivity contribution in [2.24, 2.45) is 0 Å². The van der Waals surface area contributed by atoms with Gasteiger partial charge in [0.1, 0.15) is 5.38 Å². The van der Waals surface area contributed by atoms with Gasteiger partial charge in [-0.2, -0.15) is 0 Å². The minimum atomic E-state index is -0.460. The van der Waals surface area contributed by atoms with Crippen LogP contribution < -0.4 is 5.32 Å². The van der Waals surface area contributed by atoms with Crippen molar-refractivity contribution in [3.63, 3.8) is 0 Å². The quantitative estimate of drug-likeness (QED) is 0.820. The summed E-state index contributed by atoms with van der Waals surface area (Å²) in [6.07, 6.45) is 5.23. The van der Waals surface area contributed by atoms with Crippen LogP contribution in [0.3, 0.4) is 0 Å². The Morgan fingerprint density at radius 3 is 2.59 bits per heavy atom. The van der Waals surface area contributed by atoms with Crippen LogP contribution in [0.2, 0.25) is 0 Å². The van der Waals surface area contributed by atoms with Crippen molar-refractivity contribution in [3.05, 3.63) is 35.9 Å². The maximum absolute atomic E-state index is 11.9. The summed E-state index contributed by atoms with van der Waals surface area (Å²) in [7, 11) is 0. The second-order valence-electron chi connectivity index (χ2n) is 4.65. The Morgan fingerprint density at radius 1 is 1.29 bits per heavy atom. The van der Waals surface area contributed by atoms with E-state index in [4.69, 9.17) is 11.6 Å². The number of carbonyl (C=O) groups is 1. The van der Waals surface area contributed by atoms with Crippen LogP contribution in [0.25, 0.3) is 0 Å². The molecule has 0 radical (unpaired) electrons. The Kier molecular flexibility index (Phi) is 4.43. The molecular formula is C14H18ClNO. The largest absolute Gasteiger partial charge is 0.352 e. The summed E-state index contributed by atoms with van der Waals surface area (Å²) >= 11 is 6.13. The molecule has 3 heteroatoms. The third-order valence-electron chi connectivity index (χ3n) is 3.24. The van der Waals surface area contributed by atoms with E-state index < -0.39 is 5.38 Å². The molecule has 1 aromatic rings. The fourth-order valence-electron chi connectivity index (χ4n) is 2.28. The van der Waals surface area contributed by atoms with Gasteiger partial charge in [0, 0.05) is 6.04 Å². The van der Waals surface area contributed by atoms with Crippen molar-refractivity contribution in [3.8, 4) is 0 Å². The van der Waals surface area contributed by atoms with Crippen molar-refractivity contribution in [2.75, 3.05) is 0 Å². The third kappa shape index (κ3) is 3.74. The van der Waals surface area contributed by atoms with Gasteiger partial charge in [-0.3, -0.25) is 4.79 Å². The van der Waals surface area contributed by atoms with Crippen LogP contribution in [0.4, 0.5) is 0 Å². The fraction of sp³-hybridized carbons (Fsp3) is 0.500. The molecule has 0 aromatic heterocycles. The number of hydrogen-bond acceptors (Lipinski definition) is 1. The Bertz CT molecular complexity index is 360. The van der Waals surface area contributed by atoms with Gasteiger partial charge >= 0.3 is 0 Å². The van der Waals surface area contributed by atoms with Gasteiger partial charge in [0.15, 0.2) is 0 Å². The Hall–Kier alpha value is -1.02. The molecule has 1 unspecified atom stereocenters. The van der Waals surface area contributed by atoms with E-state index in [0.29, 0.717) is 12.5 Å². The van der Waals surface area contributed by atoms with Crippen molar-refractivity contribution < 1.29 is 4.79 Å². The summed E-state index contributed by atoms with van der Waals surface area (Å²) < 4.78 is 0. The summed E-state index contributed by atoms with van der Waals surface area (Å²) in [4.78, 5) is 11.9. The number of amides is 1. The van der Waals surface area contributed by atoms with Crippen LogP contribution in [0.5, 0.6) is 0 Å². The highest BCUT2D eigenvalue weighted by Crippen LogP contribution is 2.18. The van der Waals surface area contributed by atoms with E-state index in [9.17, 15) is 4.79 Å². The van der Waals surface area contributed by atoms with Gasteiger partial charge in [0.25, 0.3) is 0 Å². The first-order chi connectivity index (χ1) is 8.25. The first-order valence-corrected chi connectivity index (χ1v) is 6.68. The Balaban J connectivity index is 1.82. The number of rotatable bonds is 4. The highest BCUT2D eigenvalue weighted by atomic mass is 35.5. The predicted octanol–water partition coefficient (Wildman–Crippen LogP) is 2.90. The van der Waals surface area contributed by atoms with E-state index >= 15 is 0 Å². The van der Waals surface area contributed by atoms with Gasteiger partial charge in [0.05, 0.1) is 0 Å². The van der Waals surface area contributed by atoms with Crippen LogP contribution in [0.15, 0.2) is 30.3 Å². The van der Waals surface area contributed by atoms with Gasteiger partial charge in [-0.15, -0.1) is 11.6 Å². The number of carbonyl (C=O) groups excluding carboxylic acids is 1. The summed E-state index contributed by atoms with van der Waals surface area (Å²) in [6.45, 7) is 0. The molecule has 1 aliphatic rings. The molecule has 0 aliphatic heterocycles. The lowest BCUT2D eigenvalue weighted by atomic mass is 10.1. The van der Waals surface area contributed by atoms with E-state index in [-0.39, 0.29) is 5.91 Å². The Labute approximate surface area is 107 Å². The van der Waals surface area contributed by atoms with Crippen molar-refractivity contribution in [1.29, 1.82) is 0 Å². The summed E-state index contributed by atoms with van der Waals surface area (Å²) in [5.74, 6) is -0.0255. The summed E-state index contributed by atoms with van der Waals surface area (Å²) in [5, 5.41) is 2.57. The number of nitrogens with one attached hydrogen (secondary N) is 1. The van der Waals surface area contributed by atoms with Crippen molar-refractivity contribution in [2.45, 2.75) is 43.5 Å². The molecule has 17 heavy (non-hydrogen) atoms. The molecular weight excluding hydrogens is 234 g/mol. The van der Waals surface area contributed by atoms with E-state index in [1.54, 1.807) is 0 Å². The smallest absolute Gasteiger partial charge is 0.238 e. The fourth-order valence-corrected chi connectivity index (χ4v) is 2.52. The molecule has 1 fully saturated rings. The molecule has 0 saturated heterocycles. The standard InChI is InChI=1S/C14H18ClNO/c15-13(10-11-6-2-1-3-7-11)14(17)16-12-8-4-5-9-12/h1-3,6-7,12-13H,4-5,8-10H2,(H,16,17). The monoisotopic (exact) mass is 251 g/mol. The molecule has 0 bridgehead atoms. The number of benzene rings is 1. The normalized spacial score (nSPS) is 17.9. The molecule has 2 rings (SSSR count). The number of halogens is 1. The van der Waals surface area contributed by atoms with E-state index in [0.717, 1.165) is 18.4 Å². The lowest BCUT2D eigenvalue weighted by Crippen LogP contribution is -2.38. The van der Waals surface area contributed by atoms with Gasteiger partial charge in [0.2, 0.25) is 5.91 Å². The second kappa shape index (κ2) is 6.06. The van der Waals surface area contributed by atoms with Gasteiger partial charge in [-0.25, -0.2) is 0 Å². The zero-order valence-corrected chi connectivity index (χ0v) is 10.6. The van der Waals surface area contributed by atoms with Crippen LogP contribution in [0.1, 0.15) is 31.2 Å². The molecule has 2 nitrogen and oxygen atoms in total. The molecule has 1 aromatic carbocycles. The molecule has 1 N–H and O–H groups in total. The van der Waals surface area contributed by atoms with Gasteiger partial charge < -0.3 is 5.32 Å². The van der Waals surface area contributed by atoms with Crippen LogP contribution >= 0.6 is 11.6 Å². The average molecular weight is 252 g/mol. The lowest BCUT2D eigenvalue weighted by molar-refractivity contribution is -0.121. The predicted molar refractivity (Wildman–Crippen MR) is 70.2 cm³/mol. The molecule has 0 heterocycles. The molecule has 1 amide bonds. The zero-order chi connectivity index (χ0) is 12.1. The lowest BCUT2D eigenvalue weighted by Gasteiger charge is -2.15. The molecule has 1 saturated carbocycles. The molecule has 1 atom stereocenters. The maximum Gasteiger partial charge on any atom is 0.238 e. The van der Waals surface area contributed by atoms with E-state index in [2.05, 4.69) is 5.32 Å². The average Bonchev–Trinajstić information content (AvgIpc) is 2.83. The van der Waals surface area contributed by atoms with Crippen LogP contribution in [0, 0.1) is 0 Å². The van der Waals surface area contributed by atoms with E-state index in [1.807, 2.05) is 30.3 Å². The minimum Gasteiger partial charge on any atom is -0.352 e. The third-order valence-corrected chi connectivity index (χ3v) is 3.60.